The zero-order valence-corrected chi connectivity index (χ0v) is 16.4. The molecule has 3 N–H and O–H groups in total. The van der Waals surface area contributed by atoms with E-state index < -0.39 is 17.6 Å². The summed E-state index contributed by atoms with van der Waals surface area (Å²) in [7, 11) is 0. The van der Waals surface area contributed by atoms with Crippen molar-refractivity contribution in [2.24, 2.45) is 11.1 Å². The Morgan fingerprint density at radius 2 is 2.12 bits per heavy atom. The molecular formula is C17H24Cl2F2N2O3. The largest absolute Gasteiger partial charge is 0.434 e. The van der Waals surface area contributed by atoms with Gasteiger partial charge in [-0.3, -0.25) is 4.79 Å². The lowest BCUT2D eigenvalue weighted by Gasteiger charge is -2.57. The molecule has 1 aliphatic carbocycles. The van der Waals surface area contributed by atoms with Crippen molar-refractivity contribution < 1.29 is 23.0 Å². The second-order valence-electron chi connectivity index (χ2n) is 6.65. The highest BCUT2D eigenvalue weighted by atomic mass is 35.5. The lowest BCUT2D eigenvalue weighted by molar-refractivity contribution is -0.170. The fraction of sp³-hybridized carbons (Fsp3) is 0.588. The van der Waals surface area contributed by atoms with Crippen molar-refractivity contribution in [3.8, 4) is 5.75 Å². The Balaban J connectivity index is 0.00000338. The third kappa shape index (κ3) is 4.39. The average molecular weight is 413 g/mol. The predicted octanol–water partition coefficient (Wildman–Crippen LogP) is 3.51. The molecule has 2 atom stereocenters. The number of carbonyl (C=O) groups excluding carboxylic acids is 1. The van der Waals surface area contributed by atoms with Crippen molar-refractivity contribution in [3.05, 3.63) is 28.8 Å². The van der Waals surface area contributed by atoms with Crippen molar-refractivity contribution in [1.82, 2.24) is 5.32 Å². The van der Waals surface area contributed by atoms with Gasteiger partial charge >= 0.3 is 6.61 Å². The van der Waals surface area contributed by atoms with Gasteiger partial charge in [0, 0.05) is 35.6 Å². The molecule has 1 aromatic carbocycles. The monoisotopic (exact) mass is 412 g/mol. The van der Waals surface area contributed by atoms with Gasteiger partial charge in [-0.05, 0) is 25.1 Å². The molecule has 26 heavy (non-hydrogen) atoms. The number of amides is 1. The molecule has 1 fully saturated rings. The fourth-order valence-electron chi connectivity index (χ4n) is 3.05. The lowest BCUT2D eigenvalue weighted by Crippen LogP contribution is -2.75. The van der Waals surface area contributed by atoms with E-state index >= 15 is 0 Å². The van der Waals surface area contributed by atoms with Crippen LogP contribution in [-0.4, -0.2) is 30.8 Å². The minimum atomic E-state index is -2.96. The van der Waals surface area contributed by atoms with Crippen LogP contribution in [0, 0.1) is 5.41 Å². The number of benzene rings is 1. The second-order valence-corrected chi connectivity index (χ2v) is 7.09. The molecule has 0 saturated heterocycles. The smallest absolute Gasteiger partial charge is 0.387 e. The first kappa shape index (κ1) is 22.9. The molecule has 1 saturated carbocycles. The SMILES string of the molecule is CCOC1CC(N)(C(=O)NCc2cc(Cl)ccc2OC(F)F)C1(C)C.Cl. The van der Waals surface area contributed by atoms with Crippen molar-refractivity contribution in [1.29, 1.82) is 0 Å². The van der Waals surface area contributed by atoms with Crippen molar-refractivity contribution in [2.75, 3.05) is 6.61 Å². The summed E-state index contributed by atoms with van der Waals surface area (Å²) in [6, 6.07) is 4.25. The predicted molar refractivity (Wildman–Crippen MR) is 97.9 cm³/mol. The molecule has 2 unspecified atom stereocenters. The van der Waals surface area contributed by atoms with E-state index in [2.05, 4.69) is 10.1 Å². The van der Waals surface area contributed by atoms with Gasteiger partial charge in [0.05, 0.1) is 6.10 Å². The van der Waals surface area contributed by atoms with Gasteiger partial charge in [-0.1, -0.05) is 25.4 Å². The van der Waals surface area contributed by atoms with Crippen LogP contribution in [0.15, 0.2) is 18.2 Å². The van der Waals surface area contributed by atoms with E-state index in [1.807, 2.05) is 20.8 Å². The first-order valence-electron chi connectivity index (χ1n) is 8.04. The van der Waals surface area contributed by atoms with Crippen LogP contribution >= 0.6 is 24.0 Å². The molecule has 148 valence electrons. The van der Waals surface area contributed by atoms with Gasteiger partial charge in [0.15, 0.2) is 0 Å². The standard InChI is InChI=1S/C17H23ClF2N2O3.ClH/c1-4-24-13-8-17(21,16(13,2)3)14(23)22-9-10-7-11(18)5-6-12(10)25-15(19)20;/h5-7,13,15H,4,8-9,21H2,1-3H3,(H,22,23);1H. The molecule has 1 aromatic rings. The summed E-state index contributed by atoms with van der Waals surface area (Å²) in [5, 5.41) is 3.05. The number of nitrogens with one attached hydrogen (secondary N) is 1. The molecule has 0 aromatic heterocycles. The Kier molecular flexibility index (Phi) is 7.65. The molecular weight excluding hydrogens is 389 g/mol. The minimum Gasteiger partial charge on any atom is -0.434 e. The summed E-state index contributed by atoms with van der Waals surface area (Å²) in [6.45, 7) is 3.20. The van der Waals surface area contributed by atoms with E-state index in [4.69, 9.17) is 22.1 Å². The highest BCUT2D eigenvalue weighted by Gasteiger charge is 2.62. The normalized spacial score (nSPS) is 23.8. The summed E-state index contributed by atoms with van der Waals surface area (Å²) in [6.07, 6.45) is 0.299. The Hall–Kier alpha value is -1.15. The number of hydrogen-bond donors (Lipinski definition) is 2. The quantitative estimate of drug-likeness (QED) is 0.718. The van der Waals surface area contributed by atoms with Gasteiger partial charge in [-0.2, -0.15) is 8.78 Å². The summed E-state index contributed by atoms with van der Waals surface area (Å²) < 4.78 is 35.0. The number of nitrogens with two attached hydrogens (primary N) is 1. The van der Waals surface area contributed by atoms with Crippen LogP contribution in [0.3, 0.4) is 0 Å². The number of halogens is 4. The molecule has 1 aliphatic rings. The van der Waals surface area contributed by atoms with Crippen LogP contribution in [0.1, 0.15) is 32.8 Å². The third-order valence-electron chi connectivity index (χ3n) is 4.91. The van der Waals surface area contributed by atoms with Crippen molar-refractivity contribution in [3.63, 3.8) is 0 Å². The molecule has 1 amide bonds. The maximum Gasteiger partial charge on any atom is 0.387 e. The molecule has 0 aliphatic heterocycles. The van der Waals surface area contributed by atoms with E-state index in [0.717, 1.165) is 0 Å². The number of hydrogen-bond acceptors (Lipinski definition) is 4. The number of ether oxygens (including phenoxy) is 2. The number of rotatable bonds is 7. The van der Waals surface area contributed by atoms with Crippen LogP contribution < -0.4 is 15.8 Å². The lowest BCUT2D eigenvalue weighted by atomic mass is 9.54. The number of alkyl halides is 2. The van der Waals surface area contributed by atoms with E-state index in [0.29, 0.717) is 23.6 Å². The van der Waals surface area contributed by atoms with Crippen LogP contribution in [0.25, 0.3) is 0 Å². The van der Waals surface area contributed by atoms with Gasteiger partial charge in [0.25, 0.3) is 0 Å². The van der Waals surface area contributed by atoms with Crippen LogP contribution in [0.5, 0.6) is 5.75 Å². The Bertz CT molecular complexity index is 646. The van der Waals surface area contributed by atoms with E-state index in [-0.39, 0.29) is 36.7 Å². The number of carbonyl (C=O) groups is 1. The van der Waals surface area contributed by atoms with Gasteiger partial charge < -0.3 is 20.5 Å². The second kappa shape index (κ2) is 8.69. The Labute approximate surface area is 163 Å². The van der Waals surface area contributed by atoms with Crippen LogP contribution in [-0.2, 0) is 16.1 Å². The van der Waals surface area contributed by atoms with Crippen LogP contribution in [0.4, 0.5) is 8.78 Å². The molecule has 0 spiro atoms. The van der Waals surface area contributed by atoms with Crippen molar-refractivity contribution in [2.45, 2.75) is 52.0 Å². The highest BCUT2D eigenvalue weighted by molar-refractivity contribution is 6.30. The molecule has 0 heterocycles. The van der Waals surface area contributed by atoms with E-state index in [1.54, 1.807) is 0 Å². The molecule has 2 rings (SSSR count). The van der Waals surface area contributed by atoms with Gasteiger partial charge in [-0.25, -0.2) is 0 Å². The molecule has 5 nitrogen and oxygen atoms in total. The molecule has 0 radical (unpaired) electrons. The molecule has 0 bridgehead atoms. The average Bonchev–Trinajstić information content (AvgIpc) is 2.53. The first-order valence-corrected chi connectivity index (χ1v) is 8.41. The van der Waals surface area contributed by atoms with Crippen molar-refractivity contribution >= 4 is 29.9 Å². The van der Waals surface area contributed by atoms with Gasteiger partial charge in [-0.15, -0.1) is 12.4 Å². The van der Waals surface area contributed by atoms with Gasteiger partial charge in [0.1, 0.15) is 11.3 Å². The third-order valence-corrected chi connectivity index (χ3v) is 5.15. The highest BCUT2D eigenvalue weighted by Crippen LogP contribution is 2.49. The minimum absolute atomic E-state index is 0. The maximum atomic E-state index is 12.6. The topological polar surface area (TPSA) is 73.6 Å². The Morgan fingerprint density at radius 3 is 2.65 bits per heavy atom. The van der Waals surface area contributed by atoms with E-state index in [9.17, 15) is 13.6 Å². The zero-order chi connectivity index (χ0) is 18.8. The fourth-order valence-corrected chi connectivity index (χ4v) is 3.25. The summed E-state index contributed by atoms with van der Waals surface area (Å²) in [5.74, 6) is -0.401. The van der Waals surface area contributed by atoms with E-state index in [1.165, 1.54) is 18.2 Å². The summed E-state index contributed by atoms with van der Waals surface area (Å²) in [4.78, 5) is 12.6. The Morgan fingerprint density at radius 1 is 1.46 bits per heavy atom. The zero-order valence-electron chi connectivity index (χ0n) is 14.9. The van der Waals surface area contributed by atoms with Crippen LogP contribution in [0.2, 0.25) is 5.02 Å². The molecule has 9 heteroatoms. The summed E-state index contributed by atoms with van der Waals surface area (Å²) in [5.41, 5.74) is 5.01. The van der Waals surface area contributed by atoms with Gasteiger partial charge in [0.2, 0.25) is 5.91 Å². The summed E-state index contributed by atoms with van der Waals surface area (Å²) >= 11 is 5.90. The maximum absolute atomic E-state index is 12.6. The first-order chi connectivity index (χ1) is 11.6.